The first-order chi connectivity index (χ1) is 8.06. The van der Waals surface area contributed by atoms with Crippen molar-refractivity contribution in [1.82, 2.24) is 5.32 Å². The van der Waals surface area contributed by atoms with Crippen molar-refractivity contribution in [3.05, 3.63) is 0 Å². The van der Waals surface area contributed by atoms with Crippen LogP contribution in [0, 0.1) is 0 Å². The summed E-state index contributed by atoms with van der Waals surface area (Å²) in [6.07, 6.45) is -0.977. The van der Waals surface area contributed by atoms with E-state index in [-0.39, 0.29) is 11.4 Å². The number of carbonyl (C=O) groups is 2. The molecule has 0 fully saturated rings. The number of carbonyl (C=O) groups excluding carboxylic acids is 1. The third kappa shape index (κ3) is 6.14. The van der Waals surface area contributed by atoms with Crippen LogP contribution < -0.4 is 5.32 Å². The maximum atomic E-state index is 11.5. The molecule has 2 N–H and O–H groups in total. The highest BCUT2D eigenvalue weighted by molar-refractivity contribution is 8.01. The number of hydrogen-bond donors (Lipinski definition) is 2. The zero-order valence-corrected chi connectivity index (χ0v) is 12.6. The van der Waals surface area contributed by atoms with Crippen molar-refractivity contribution in [1.29, 1.82) is 0 Å². The van der Waals surface area contributed by atoms with Crippen LogP contribution in [0.4, 0.5) is 4.79 Å². The van der Waals surface area contributed by atoms with Crippen LogP contribution in [0.1, 0.15) is 41.5 Å². The van der Waals surface area contributed by atoms with Gasteiger partial charge in [-0.3, -0.25) is 0 Å². The number of thioether (sulfide) groups is 1. The Morgan fingerprint density at radius 3 is 2.06 bits per heavy atom. The van der Waals surface area contributed by atoms with Crippen LogP contribution in [0.2, 0.25) is 0 Å². The Kier molecular flexibility index (Phi) is 6.52. The van der Waals surface area contributed by atoms with Crippen LogP contribution in [0.25, 0.3) is 0 Å². The third-order valence-corrected chi connectivity index (χ3v) is 3.40. The molecule has 0 saturated heterocycles. The second-order valence-electron chi connectivity index (χ2n) is 5.14. The Morgan fingerprint density at radius 2 is 1.72 bits per heavy atom. The second-order valence-corrected chi connectivity index (χ2v) is 7.37. The molecule has 0 aromatic rings. The van der Waals surface area contributed by atoms with Crippen LogP contribution in [0.5, 0.6) is 0 Å². The predicted octanol–water partition coefficient (Wildman–Crippen LogP) is 2.49. The quantitative estimate of drug-likeness (QED) is 0.780. The number of amides is 1. The Bertz CT molecular complexity index is 302. The maximum absolute atomic E-state index is 11.5. The van der Waals surface area contributed by atoms with E-state index in [4.69, 9.17) is 4.74 Å². The van der Waals surface area contributed by atoms with E-state index in [0.29, 0.717) is 0 Å². The van der Waals surface area contributed by atoms with Gasteiger partial charge in [-0.05, 0) is 32.9 Å². The lowest BCUT2D eigenvalue weighted by molar-refractivity contribution is -0.140. The van der Waals surface area contributed by atoms with Gasteiger partial charge in [0.05, 0.1) is 6.10 Å². The smallest absolute Gasteiger partial charge is 0.408 e. The SMILES string of the molecule is CC(C)OC(=O)NC(C(=O)O)C(C)(C)SC(C)C. The average molecular weight is 277 g/mol. The van der Waals surface area contributed by atoms with Gasteiger partial charge in [0.15, 0.2) is 0 Å². The molecule has 0 aliphatic heterocycles. The van der Waals surface area contributed by atoms with E-state index in [2.05, 4.69) is 5.32 Å². The molecule has 0 saturated carbocycles. The molecular formula is C12H23NO4S. The zero-order chi connectivity index (χ0) is 14.5. The molecule has 1 unspecified atom stereocenters. The highest BCUT2D eigenvalue weighted by Crippen LogP contribution is 2.32. The van der Waals surface area contributed by atoms with Gasteiger partial charge in [-0.1, -0.05) is 13.8 Å². The average Bonchev–Trinajstić information content (AvgIpc) is 2.09. The van der Waals surface area contributed by atoms with E-state index >= 15 is 0 Å². The molecule has 0 heterocycles. The summed E-state index contributed by atoms with van der Waals surface area (Å²) in [6, 6.07) is -0.990. The van der Waals surface area contributed by atoms with Crippen LogP contribution in [-0.4, -0.2) is 39.3 Å². The summed E-state index contributed by atoms with van der Waals surface area (Å²) in [5, 5.41) is 11.9. The lowest BCUT2D eigenvalue weighted by atomic mass is 10.0. The normalized spacial score (nSPS) is 13.6. The Hall–Kier alpha value is -0.910. The summed E-state index contributed by atoms with van der Waals surface area (Å²) in [6.45, 7) is 11.0. The molecule has 0 rings (SSSR count). The Morgan fingerprint density at radius 1 is 1.22 bits per heavy atom. The Labute approximate surface area is 113 Å². The summed E-state index contributed by atoms with van der Waals surface area (Å²) in [7, 11) is 0. The summed E-state index contributed by atoms with van der Waals surface area (Å²) in [4.78, 5) is 22.8. The van der Waals surface area contributed by atoms with Gasteiger partial charge in [-0.15, -0.1) is 0 Å². The van der Waals surface area contributed by atoms with Gasteiger partial charge in [0.25, 0.3) is 0 Å². The first-order valence-electron chi connectivity index (χ1n) is 5.94. The van der Waals surface area contributed by atoms with E-state index in [1.165, 1.54) is 11.8 Å². The molecule has 0 aliphatic carbocycles. The van der Waals surface area contributed by atoms with E-state index in [1.54, 1.807) is 27.7 Å². The van der Waals surface area contributed by atoms with Crippen molar-refractivity contribution < 1.29 is 19.4 Å². The van der Waals surface area contributed by atoms with Crippen molar-refractivity contribution in [3.8, 4) is 0 Å². The highest BCUT2D eigenvalue weighted by Gasteiger charge is 2.38. The number of carboxylic acid groups (broad SMARTS) is 1. The molecule has 5 nitrogen and oxygen atoms in total. The predicted molar refractivity (Wildman–Crippen MR) is 73.0 cm³/mol. The number of carboxylic acids is 1. The van der Waals surface area contributed by atoms with Crippen LogP contribution in [0.15, 0.2) is 0 Å². The molecule has 0 radical (unpaired) electrons. The minimum atomic E-state index is -1.06. The van der Waals surface area contributed by atoms with Gasteiger partial charge in [0.2, 0.25) is 0 Å². The van der Waals surface area contributed by atoms with E-state index < -0.39 is 22.9 Å². The van der Waals surface area contributed by atoms with Gasteiger partial charge in [-0.2, -0.15) is 11.8 Å². The molecule has 0 aromatic heterocycles. The number of ether oxygens (including phenoxy) is 1. The molecule has 1 atom stereocenters. The van der Waals surface area contributed by atoms with Crippen molar-refractivity contribution in [2.24, 2.45) is 0 Å². The largest absolute Gasteiger partial charge is 0.480 e. The van der Waals surface area contributed by atoms with Crippen molar-refractivity contribution in [2.75, 3.05) is 0 Å². The summed E-state index contributed by atoms with van der Waals surface area (Å²) >= 11 is 1.50. The summed E-state index contributed by atoms with van der Waals surface area (Å²) in [5.74, 6) is -1.06. The Balaban J connectivity index is 4.76. The number of aliphatic carboxylic acids is 1. The molecule has 0 spiro atoms. The summed E-state index contributed by atoms with van der Waals surface area (Å²) < 4.78 is 4.29. The molecule has 0 bridgehead atoms. The lowest BCUT2D eigenvalue weighted by Crippen LogP contribution is -2.53. The number of hydrogen-bond acceptors (Lipinski definition) is 4. The van der Waals surface area contributed by atoms with Crippen LogP contribution in [0.3, 0.4) is 0 Å². The molecule has 1 amide bonds. The molecule has 106 valence electrons. The van der Waals surface area contributed by atoms with Crippen molar-refractivity contribution in [2.45, 2.75) is 63.7 Å². The molecule has 0 aliphatic rings. The van der Waals surface area contributed by atoms with Crippen molar-refractivity contribution >= 4 is 23.8 Å². The van der Waals surface area contributed by atoms with E-state index in [0.717, 1.165) is 0 Å². The molecular weight excluding hydrogens is 254 g/mol. The van der Waals surface area contributed by atoms with Gasteiger partial charge in [-0.25, -0.2) is 9.59 Å². The molecule has 6 heteroatoms. The van der Waals surface area contributed by atoms with Crippen LogP contribution >= 0.6 is 11.8 Å². The highest BCUT2D eigenvalue weighted by atomic mass is 32.2. The zero-order valence-electron chi connectivity index (χ0n) is 11.8. The standard InChI is InChI=1S/C12H23NO4S/c1-7(2)17-11(16)13-9(10(14)15)12(5,6)18-8(3)4/h7-9H,1-6H3,(H,13,16)(H,14,15). The fourth-order valence-corrected chi connectivity index (χ4v) is 3.09. The minimum Gasteiger partial charge on any atom is -0.480 e. The third-order valence-electron chi connectivity index (χ3n) is 2.09. The topological polar surface area (TPSA) is 75.6 Å². The summed E-state index contributed by atoms with van der Waals surface area (Å²) in [5.41, 5.74) is 0. The lowest BCUT2D eigenvalue weighted by Gasteiger charge is -2.32. The van der Waals surface area contributed by atoms with Crippen LogP contribution in [-0.2, 0) is 9.53 Å². The van der Waals surface area contributed by atoms with Gasteiger partial charge in [0, 0.05) is 4.75 Å². The van der Waals surface area contributed by atoms with Gasteiger partial charge >= 0.3 is 12.1 Å². The van der Waals surface area contributed by atoms with E-state index in [9.17, 15) is 14.7 Å². The minimum absolute atomic E-state index is 0.268. The number of alkyl carbamates (subject to hydrolysis) is 1. The number of nitrogens with one attached hydrogen (secondary N) is 1. The molecule has 0 aromatic carbocycles. The second kappa shape index (κ2) is 6.87. The number of rotatable bonds is 6. The van der Waals surface area contributed by atoms with Crippen molar-refractivity contribution in [3.63, 3.8) is 0 Å². The van der Waals surface area contributed by atoms with Gasteiger partial charge in [0.1, 0.15) is 6.04 Å². The first-order valence-corrected chi connectivity index (χ1v) is 6.82. The fourth-order valence-electron chi connectivity index (χ4n) is 1.57. The van der Waals surface area contributed by atoms with Gasteiger partial charge < -0.3 is 15.2 Å². The first kappa shape index (κ1) is 17.1. The van der Waals surface area contributed by atoms with E-state index in [1.807, 2.05) is 13.8 Å². The molecule has 18 heavy (non-hydrogen) atoms. The fraction of sp³-hybridized carbons (Fsp3) is 0.833. The maximum Gasteiger partial charge on any atom is 0.408 e. The monoisotopic (exact) mass is 277 g/mol.